The molecule has 0 radical (unpaired) electrons. The molecule has 5 heterocycles. The Morgan fingerprint density at radius 1 is 0.927 bits per heavy atom. The summed E-state index contributed by atoms with van der Waals surface area (Å²) < 4.78 is 68.8. The molecule has 0 bridgehead atoms. The van der Waals surface area contributed by atoms with Crippen molar-refractivity contribution in [2.45, 2.75) is 30.9 Å². The van der Waals surface area contributed by atoms with Crippen LogP contribution in [0.4, 0.5) is 27.1 Å². The first-order valence-corrected chi connectivity index (χ1v) is 13.1. The number of aromatic nitrogens is 6. The van der Waals surface area contributed by atoms with Gasteiger partial charge in [-0.05, 0) is 61.0 Å². The fourth-order valence-electron chi connectivity index (χ4n) is 3.69. The zero-order valence-electron chi connectivity index (χ0n) is 20.9. The number of nitrogens with zero attached hydrogens (tertiary/aromatic N) is 6. The maximum atomic E-state index is 13.3. The molecule has 0 fully saturated rings. The highest BCUT2D eigenvalue weighted by Crippen LogP contribution is 2.42. The van der Waals surface area contributed by atoms with Gasteiger partial charge in [-0.1, -0.05) is 11.3 Å². The molecule has 0 saturated carbocycles. The number of nitrogens with one attached hydrogen (secondary N) is 1. The molecule has 0 aliphatic rings. The lowest BCUT2D eigenvalue weighted by Gasteiger charge is -2.15. The summed E-state index contributed by atoms with van der Waals surface area (Å²) in [4.78, 5) is 38.6. The first-order chi connectivity index (χ1) is 19.4. The van der Waals surface area contributed by atoms with Gasteiger partial charge in [0, 0.05) is 28.7 Å². The van der Waals surface area contributed by atoms with Gasteiger partial charge < -0.3 is 4.74 Å². The van der Waals surface area contributed by atoms with Crippen molar-refractivity contribution in [1.29, 1.82) is 0 Å². The number of anilines is 1. The van der Waals surface area contributed by atoms with Gasteiger partial charge in [0.2, 0.25) is 0 Å². The first kappa shape index (κ1) is 28.2. The van der Waals surface area contributed by atoms with Crippen molar-refractivity contribution in [3.8, 4) is 28.3 Å². The summed E-state index contributed by atoms with van der Waals surface area (Å²) in [5.41, 5.74) is -2.24. The molecule has 0 atom stereocenters. The number of thioether (sulfide) groups is 1. The van der Waals surface area contributed by atoms with Gasteiger partial charge in [-0.25, -0.2) is 9.97 Å². The minimum atomic E-state index is -4.56. The molecule has 1 N–H and O–H groups in total. The number of carbonyl (C=O) groups excluding carboxylic acids is 1. The third-order valence-corrected chi connectivity index (χ3v) is 7.00. The van der Waals surface area contributed by atoms with Gasteiger partial charge in [0.05, 0.1) is 23.7 Å². The average Bonchev–Trinajstić information content (AvgIpc) is 3.30. The van der Waals surface area contributed by atoms with Gasteiger partial charge in [0.15, 0.2) is 15.6 Å². The summed E-state index contributed by atoms with van der Waals surface area (Å²) in [6.45, 7) is 0.313. The van der Waals surface area contributed by atoms with E-state index in [1.54, 1.807) is 13.8 Å². The van der Waals surface area contributed by atoms with Crippen LogP contribution in [0.1, 0.15) is 21.7 Å². The van der Waals surface area contributed by atoms with E-state index in [1.165, 1.54) is 36.7 Å². The van der Waals surface area contributed by atoms with Crippen LogP contribution in [0.3, 0.4) is 0 Å². The zero-order valence-corrected chi connectivity index (χ0v) is 22.5. The largest absolute Gasteiger partial charge is 0.446 e. The molecular weight excluding hydrogens is 589 g/mol. The fourth-order valence-corrected chi connectivity index (χ4v) is 5.12. The molecule has 5 rings (SSSR count). The van der Waals surface area contributed by atoms with Gasteiger partial charge in [-0.3, -0.25) is 25.1 Å². The second kappa shape index (κ2) is 11.3. The SMILES string of the molecule is Cc1cc(-c2cc(C)ncc2C(=O)Nc2nc3ncc(-c4ccc(OC(F)F)cn4)nc3s2)c(SC(F)(F)F)cn1. The third-order valence-electron chi connectivity index (χ3n) is 5.37. The number of ether oxygens (including phenoxy) is 1. The lowest BCUT2D eigenvalue weighted by atomic mass is 10.0. The lowest BCUT2D eigenvalue weighted by Crippen LogP contribution is -2.14. The number of carbonyl (C=O) groups is 1. The number of amides is 1. The van der Waals surface area contributed by atoms with Gasteiger partial charge in [0.1, 0.15) is 11.4 Å². The first-order valence-electron chi connectivity index (χ1n) is 11.5. The van der Waals surface area contributed by atoms with Gasteiger partial charge in [0.25, 0.3) is 5.91 Å². The number of halogens is 5. The van der Waals surface area contributed by atoms with E-state index in [-0.39, 0.29) is 49.9 Å². The van der Waals surface area contributed by atoms with Crippen LogP contribution < -0.4 is 10.1 Å². The van der Waals surface area contributed by atoms with Crippen LogP contribution in [-0.4, -0.2) is 47.9 Å². The number of aryl methyl sites for hydroxylation is 2. The van der Waals surface area contributed by atoms with E-state index in [9.17, 15) is 26.7 Å². The van der Waals surface area contributed by atoms with Crippen LogP contribution in [-0.2, 0) is 0 Å². The second-order valence-electron chi connectivity index (χ2n) is 8.36. The number of rotatable bonds is 7. The molecule has 16 heteroatoms. The molecule has 5 aromatic heterocycles. The van der Waals surface area contributed by atoms with Crippen LogP contribution in [0.5, 0.6) is 5.75 Å². The van der Waals surface area contributed by atoms with Crippen molar-refractivity contribution >= 4 is 44.6 Å². The van der Waals surface area contributed by atoms with E-state index < -0.39 is 18.0 Å². The smallest absolute Gasteiger partial charge is 0.433 e. The Hall–Kier alpha value is -4.31. The normalized spacial score (nSPS) is 11.7. The summed E-state index contributed by atoms with van der Waals surface area (Å²) in [5, 5.41) is 2.78. The van der Waals surface area contributed by atoms with Crippen LogP contribution in [0.25, 0.3) is 33.0 Å². The van der Waals surface area contributed by atoms with Crippen molar-refractivity contribution in [1.82, 2.24) is 29.9 Å². The van der Waals surface area contributed by atoms with Crippen LogP contribution in [0.2, 0.25) is 0 Å². The molecule has 41 heavy (non-hydrogen) atoms. The van der Waals surface area contributed by atoms with Gasteiger partial charge >= 0.3 is 12.1 Å². The van der Waals surface area contributed by atoms with E-state index in [0.29, 0.717) is 27.6 Å². The maximum Gasteiger partial charge on any atom is 0.446 e. The second-order valence-corrected chi connectivity index (χ2v) is 10.4. The zero-order chi connectivity index (χ0) is 29.3. The molecular formula is C25H16F5N7O2S2. The summed E-state index contributed by atoms with van der Waals surface area (Å²) >= 11 is 0.687. The Morgan fingerprint density at radius 3 is 2.34 bits per heavy atom. The molecule has 0 saturated heterocycles. The highest BCUT2D eigenvalue weighted by Gasteiger charge is 2.31. The summed E-state index contributed by atoms with van der Waals surface area (Å²) in [6, 6.07) is 5.76. The lowest BCUT2D eigenvalue weighted by molar-refractivity contribution is -0.0501. The van der Waals surface area contributed by atoms with E-state index in [1.807, 2.05) is 0 Å². The Kier molecular flexibility index (Phi) is 7.77. The summed E-state index contributed by atoms with van der Waals surface area (Å²) in [6.07, 6.45) is 4.92. The maximum absolute atomic E-state index is 13.3. The van der Waals surface area contributed by atoms with E-state index >= 15 is 0 Å². The molecule has 0 unspecified atom stereocenters. The van der Waals surface area contributed by atoms with Crippen molar-refractivity contribution < 1.29 is 31.5 Å². The van der Waals surface area contributed by atoms with Crippen LogP contribution in [0.15, 0.2) is 53.9 Å². The summed E-state index contributed by atoms with van der Waals surface area (Å²) in [7, 11) is 0. The van der Waals surface area contributed by atoms with E-state index in [0.717, 1.165) is 23.7 Å². The molecule has 5 aromatic rings. The van der Waals surface area contributed by atoms with E-state index in [2.05, 4.69) is 40.0 Å². The van der Waals surface area contributed by atoms with Gasteiger partial charge in [-0.2, -0.15) is 26.9 Å². The number of hydrogen-bond acceptors (Lipinski definition) is 10. The molecule has 0 aliphatic carbocycles. The Morgan fingerprint density at radius 2 is 1.66 bits per heavy atom. The van der Waals surface area contributed by atoms with Crippen molar-refractivity contribution in [2.75, 3.05) is 5.32 Å². The van der Waals surface area contributed by atoms with Crippen molar-refractivity contribution in [2.24, 2.45) is 0 Å². The third kappa shape index (κ3) is 6.71. The highest BCUT2D eigenvalue weighted by molar-refractivity contribution is 8.00. The van der Waals surface area contributed by atoms with Crippen molar-refractivity contribution in [3.63, 3.8) is 0 Å². The van der Waals surface area contributed by atoms with Crippen LogP contribution >= 0.6 is 23.1 Å². The highest BCUT2D eigenvalue weighted by atomic mass is 32.2. The molecule has 1 amide bonds. The summed E-state index contributed by atoms with van der Waals surface area (Å²) in [5.74, 6) is -0.767. The molecule has 9 nitrogen and oxygen atoms in total. The fraction of sp³-hybridized carbons (Fsp3) is 0.160. The van der Waals surface area contributed by atoms with Crippen molar-refractivity contribution in [3.05, 3.63) is 66.0 Å². The average molecular weight is 606 g/mol. The molecule has 0 spiro atoms. The monoisotopic (exact) mass is 605 g/mol. The predicted octanol–water partition coefficient (Wildman–Crippen LogP) is 6.69. The quantitative estimate of drug-likeness (QED) is 0.160. The molecule has 0 aromatic carbocycles. The molecule has 210 valence electrons. The Labute approximate surface area is 236 Å². The number of fused-ring (bicyclic) bond motifs is 1. The minimum Gasteiger partial charge on any atom is -0.433 e. The minimum absolute atomic E-state index is 0.0291. The standard InChI is InChI=1S/C25H16F5N7O2S2/c1-11-5-14(15-6-12(2)32-10-19(15)41-25(28,29)30)16(8-31-11)21(38)37-24-36-20-22(40-24)35-18(9-34-20)17-4-3-13(7-33-17)39-23(26)27/h3-10,23H,1-2H3,(H,34,36,37,38). The van der Waals surface area contributed by atoms with E-state index in [4.69, 9.17) is 0 Å². The number of pyridine rings is 3. The topological polar surface area (TPSA) is 116 Å². The number of hydrogen-bond donors (Lipinski definition) is 1. The van der Waals surface area contributed by atoms with Gasteiger partial charge in [-0.15, -0.1) is 0 Å². The Bertz CT molecular complexity index is 1750. The predicted molar refractivity (Wildman–Crippen MR) is 142 cm³/mol. The molecule has 0 aliphatic heterocycles. The number of alkyl halides is 5. The Balaban J connectivity index is 1.44. The van der Waals surface area contributed by atoms with Crippen LogP contribution in [0, 0.1) is 13.8 Å². The number of thiazole rings is 1.